The van der Waals surface area contributed by atoms with E-state index in [2.05, 4.69) is 15.4 Å². The van der Waals surface area contributed by atoms with Gasteiger partial charge in [0, 0.05) is 31.5 Å². The number of hydrogen-bond acceptors (Lipinski definition) is 4. The molecule has 3 N–H and O–H groups in total. The van der Waals surface area contributed by atoms with E-state index in [-0.39, 0.29) is 0 Å². The van der Waals surface area contributed by atoms with Crippen LogP contribution in [0.15, 0.2) is 24.5 Å². The van der Waals surface area contributed by atoms with Gasteiger partial charge in [-0.25, -0.2) is 4.98 Å². The first-order valence-electron chi connectivity index (χ1n) is 5.55. The molecule has 0 radical (unpaired) electrons. The first kappa shape index (κ1) is 12.1. The molecule has 0 unspecified atom stereocenters. The van der Waals surface area contributed by atoms with Gasteiger partial charge in [-0.15, -0.1) is 0 Å². The number of amides is 1. The maximum atomic E-state index is 11.2. The van der Waals surface area contributed by atoms with Gasteiger partial charge in [-0.2, -0.15) is 5.10 Å². The quantitative estimate of drug-likeness (QED) is 0.835. The van der Waals surface area contributed by atoms with Crippen LogP contribution in [0.2, 0.25) is 0 Å². The van der Waals surface area contributed by atoms with E-state index in [1.54, 1.807) is 23.0 Å². The Morgan fingerprint density at radius 1 is 1.56 bits per heavy atom. The monoisotopic (exact) mass is 245 g/mol. The van der Waals surface area contributed by atoms with E-state index in [4.69, 9.17) is 5.73 Å². The minimum atomic E-state index is -0.492. The van der Waals surface area contributed by atoms with Gasteiger partial charge >= 0.3 is 0 Å². The van der Waals surface area contributed by atoms with Gasteiger partial charge in [-0.1, -0.05) is 0 Å². The SMILES string of the molecule is Cc1nn(C)cc1CNc1ncccc1C(N)=O. The van der Waals surface area contributed by atoms with Gasteiger partial charge in [-0.3, -0.25) is 9.48 Å². The molecule has 0 fully saturated rings. The standard InChI is InChI=1S/C12H15N5O/c1-8-9(7-17(2)16-8)6-15-12-10(11(13)18)4-3-5-14-12/h3-5,7H,6H2,1-2H3,(H2,13,18)(H,14,15). The van der Waals surface area contributed by atoms with Crippen LogP contribution < -0.4 is 11.1 Å². The lowest BCUT2D eigenvalue weighted by atomic mass is 10.2. The fourth-order valence-corrected chi connectivity index (χ4v) is 1.75. The van der Waals surface area contributed by atoms with E-state index < -0.39 is 5.91 Å². The van der Waals surface area contributed by atoms with Gasteiger partial charge in [-0.05, 0) is 19.1 Å². The molecule has 0 aliphatic carbocycles. The summed E-state index contributed by atoms with van der Waals surface area (Å²) < 4.78 is 1.75. The van der Waals surface area contributed by atoms with Crippen LogP contribution in [-0.4, -0.2) is 20.7 Å². The zero-order chi connectivity index (χ0) is 13.1. The number of carbonyl (C=O) groups is 1. The van der Waals surface area contributed by atoms with E-state index in [1.165, 1.54) is 0 Å². The third-order valence-electron chi connectivity index (χ3n) is 2.63. The Morgan fingerprint density at radius 2 is 2.33 bits per heavy atom. The number of primary amides is 1. The van der Waals surface area contributed by atoms with Crippen molar-refractivity contribution in [1.82, 2.24) is 14.8 Å². The molecule has 18 heavy (non-hydrogen) atoms. The first-order chi connectivity index (χ1) is 8.58. The normalized spacial score (nSPS) is 10.3. The number of carbonyl (C=O) groups excluding carboxylic acids is 1. The molecule has 2 aromatic heterocycles. The molecule has 0 aliphatic rings. The summed E-state index contributed by atoms with van der Waals surface area (Å²) in [5, 5.41) is 7.35. The number of aromatic nitrogens is 3. The summed E-state index contributed by atoms with van der Waals surface area (Å²) in [6, 6.07) is 3.33. The number of rotatable bonds is 4. The molecule has 0 spiro atoms. The molecular formula is C12H15N5O. The number of nitrogens with one attached hydrogen (secondary N) is 1. The van der Waals surface area contributed by atoms with Crippen LogP contribution in [-0.2, 0) is 13.6 Å². The van der Waals surface area contributed by atoms with Crippen LogP contribution in [0, 0.1) is 6.92 Å². The smallest absolute Gasteiger partial charge is 0.252 e. The number of aryl methyl sites for hydroxylation is 2. The van der Waals surface area contributed by atoms with Crippen molar-refractivity contribution >= 4 is 11.7 Å². The van der Waals surface area contributed by atoms with Gasteiger partial charge in [0.25, 0.3) is 5.91 Å². The Bertz CT molecular complexity index is 576. The highest BCUT2D eigenvalue weighted by molar-refractivity contribution is 5.97. The van der Waals surface area contributed by atoms with Crippen molar-refractivity contribution in [3.63, 3.8) is 0 Å². The molecule has 0 aliphatic heterocycles. The van der Waals surface area contributed by atoms with Crippen LogP contribution in [0.25, 0.3) is 0 Å². The lowest BCUT2D eigenvalue weighted by Gasteiger charge is -2.07. The molecule has 2 rings (SSSR count). The lowest BCUT2D eigenvalue weighted by Crippen LogP contribution is -2.15. The third-order valence-corrected chi connectivity index (χ3v) is 2.63. The van der Waals surface area contributed by atoms with Crippen molar-refractivity contribution in [1.29, 1.82) is 0 Å². The zero-order valence-corrected chi connectivity index (χ0v) is 10.3. The van der Waals surface area contributed by atoms with Gasteiger partial charge in [0.2, 0.25) is 0 Å². The molecular weight excluding hydrogens is 230 g/mol. The largest absolute Gasteiger partial charge is 0.365 e. The summed E-state index contributed by atoms with van der Waals surface area (Å²) in [5.74, 6) is 0.00163. The van der Waals surface area contributed by atoms with Gasteiger partial charge < -0.3 is 11.1 Å². The second-order valence-electron chi connectivity index (χ2n) is 4.03. The van der Waals surface area contributed by atoms with E-state index >= 15 is 0 Å². The maximum absolute atomic E-state index is 11.2. The summed E-state index contributed by atoms with van der Waals surface area (Å²) in [6.07, 6.45) is 3.54. The molecule has 2 aromatic rings. The summed E-state index contributed by atoms with van der Waals surface area (Å²) in [4.78, 5) is 15.3. The van der Waals surface area contributed by atoms with E-state index in [1.807, 2.05) is 20.2 Å². The zero-order valence-electron chi connectivity index (χ0n) is 10.3. The molecule has 94 valence electrons. The molecule has 0 saturated carbocycles. The average Bonchev–Trinajstić information content (AvgIpc) is 2.65. The van der Waals surface area contributed by atoms with Crippen molar-refractivity contribution in [2.24, 2.45) is 12.8 Å². The predicted molar refractivity (Wildman–Crippen MR) is 68.0 cm³/mol. The fourth-order valence-electron chi connectivity index (χ4n) is 1.75. The minimum absolute atomic E-state index is 0.388. The van der Waals surface area contributed by atoms with E-state index in [0.29, 0.717) is 17.9 Å². The predicted octanol–water partition coefficient (Wildman–Crippen LogP) is 0.835. The average molecular weight is 245 g/mol. The Balaban J connectivity index is 2.15. The molecule has 0 aromatic carbocycles. The fraction of sp³-hybridized carbons (Fsp3) is 0.250. The second kappa shape index (κ2) is 4.87. The van der Waals surface area contributed by atoms with Crippen LogP contribution in [0.4, 0.5) is 5.82 Å². The first-order valence-corrected chi connectivity index (χ1v) is 5.55. The van der Waals surface area contributed by atoms with Crippen LogP contribution in [0.3, 0.4) is 0 Å². The van der Waals surface area contributed by atoms with Gasteiger partial charge in [0.05, 0.1) is 11.3 Å². The Hall–Kier alpha value is -2.37. The highest BCUT2D eigenvalue weighted by Gasteiger charge is 2.09. The van der Waals surface area contributed by atoms with Crippen molar-refractivity contribution in [3.05, 3.63) is 41.3 Å². The topological polar surface area (TPSA) is 85.8 Å². The Kier molecular flexibility index (Phi) is 3.27. The highest BCUT2D eigenvalue weighted by atomic mass is 16.1. The van der Waals surface area contributed by atoms with Crippen molar-refractivity contribution < 1.29 is 4.79 Å². The van der Waals surface area contributed by atoms with Crippen LogP contribution >= 0.6 is 0 Å². The van der Waals surface area contributed by atoms with Crippen molar-refractivity contribution in [2.45, 2.75) is 13.5 Å². The molecule has 6 heteroatoms. The molecule has 2 heterocycles. The lowest BCUT2D eigenvalue weighted by molar-refractivity contribution is 0.100. The summed E-state index contributed by atoms with van der Waals surface area (Å²) in [5.41, 5.74) is 7.67. The van der Waals surface area contributed by atoms with E-state index in [0.717, 1.165) is 11.3 Å². The number of nitrogens with two attached hydrogens (primary N) is 1. The maximum Gasteiger partial charge on any atom is 0.252 e. The molecule has 0 saturated heterocycles. The Morgan fingerprint density at radius 3 is 2.94 bits per heavy atom. The summed E-state index contributed by atoms with van der Waals surface area (Å²) in [6.45, 7) is 2.49. The number of hydrogen-bond donors (Lipinski definition) is 2. The van der Waals surface area contributed by atoms with Crippen LogP contribution in [0.1, 0.15) is 21.6 Å². The third kappa shape index (κ3) is 2.48. The van der Waals surface area contributed by atoms with Crippen molar-refractivity contribution in [3.8, 4) is 0 Å². The molecule has 1 amide bonds. The molecule has 0 atom stereocenters. The second-order valence-corrected chi connectivity index (χ2v) is 4.03. The van der Waals surface area contributed by atoms with Crippen molar-refractivity contribution in [2.75, 3.05) is 5.32 Å². The highest BCUT2D eigenvalue weighted by Crippen LogP contribution is 2.13. The van der Waals surface area contributed by atoms with Crippen LogP contribution in [0.5, 0.6) is 0 Å². The Labute approximate surface area is 105 Å². The molecule has 0 bridgehead atoms. The minimum Gasteiger partial charge on any atom is -0.365 e. The summed E-state index contributed by atoms with van der Waals surface area (Å²) in [7, 11) is 1.87. The number of pyridine rings is 1. The van der Waals surface area contributed by atoms with Gasteiger partial charge in [0.15, 0.2) is 0 Å². The number of anilines is 1. The van der Waals surface area contributed by atoms with Gasteiger partial charge in [0.1, 0.15) is 5.82 Å². The summed E-state index contributed by atoms with van der Waals surface area (Å²) >= 11 is 0. The van der Waals surface area contributed by atoms with E-state index in [9.17, 15) is 4.79 Å². The molecule has 6 nitrogen and oxygen atoms in total. The number of nitrogens with zero attached hydrogens (tertiary/aromatic N) is 3.